The van der Waals surface area contributed by atoms with Crippen LogP contribution in [0.15, 0.2) is 48.5 Å². The summed E-state index contributed by atoms with van der Waals surface area (Å²) in [4.78, 5) is 50.6. The minimum absolute atomic E-state index is 0.187. The van der Waals surface area contributed by atoms with Crippen molar-refractivity contribution in [2.75, 3.05) is 14.2 Å². The van der Waals surface area contributed by atoms with Gasteiger partial charge in [0.2, 0.25) is 0 Å². The highest BCUT2D eigenvalue weighted by atomic mass is 16.5. The topological polar surface area (TPSA) is 111 Å². The monoisotopic (exact) mass is 468 g/mol. The molecular formula is C26H32N2O6. The number of amides is 2. The van der Waals surface area contributed by atoms with Gasteiger partial charge in [0.05, 0.1) is 14.2 Å². The second-order valence-corrected chi connectivity index (χ2v) is 8.53. The average molecular weight is 469 g/mol. The standard InChI is InChI=1S/C26H32N2O6/c1-15(2)21(25(31)33-5)27-23(29)19-13-9-7-11-17(19)18-12-8-10-14-20(18)24(30)28-22(16(3)4)26(32)34-6/h7-16,21-22H,1-6H3,(H,27,29)(H,28,30)/t21-,22-/m0/s1. The molecule has 2 N–H and O–H groups in total. The molecule has 182 valence electrons. The molecule has 2 aromatic carbocycles. The Bertz CT molecular complexity index is 964. The molecule has 0 aromatic heterocycles. The van der Waals surface area contributed by atoms with E-state index in [0.29, 0.717) is 22.3 Å². The van der Waals surface area contributed by atoms with Crippen LogP contribution in [0.5, 0.6) is 0 Å². The Morgan fingerprint density at radius 1 is 0.618 bits per heavy atom. The van der Waals surface area contributed by atoms with Crippen LogP contribution in [0.4, 0.5) is 0 Å². The molecule has 34 heavy (non-hydrogen) atoms. The van der Waals surface area contributed by atoms with Gasteiger partial charge in [0.15, 0.2) is 0 Å². The number of benzene rings is 2. The predicted molar refractivity (Wildman–Crippen MR) is 128 cm³/mol. The molecule has 0 saturated heterocycles. The van der Waals surface area contributed by atoms with E-state index in [1.165, 1.54) is 14.2 Å². The second-order valence-electron chi connectivity index (χ2n) is 8.53. The zero-order valence-corrected chi connectivity index (χ0v) is 20.4. The van der Waals surface area contributed by atoms with Gasteiger partial charge in [0.25, 0.3) is 11.8 Å². The van der Waals surface area contributed by atoms with E-state index in [9.17, 15) is 19.2 Å². The summed E-state index contributed by atoms with van der Waals surface area (Å²) in [5, 5.41) is 5.47. The lowest BCUT2D eigenvalue weighted by atomic mass is 9.93. The summed E-state index contributed by atoms with van der Waals surface area (Å²) in [6, 6.07) is 12.0. The predicted octanol–water partition coefficient (Wildman–Crippen LogP) is 3.21. The van der Waals surface area contributed by atoms with E-state index in [4.69, 9.17) is 9.47 Å². The number of hydrogen-bond acceptors (Lipinski definition) is 6. The van der Waals surface area contributed by atoms with Gasteiger partial charge in [-0.3, -0.25) is 9.59 Å². The molecule has 0 saturated carbocycles. The van der Waals surface area contributed by atoms with E-state index in [2.05, 4.69) is 10.6 Å². The molecule has 0 aliphatic rings. The summed E-state index contributed by atoms with van der Waals surface area (Å²) in [7, 11) is 2.54. The lowest BCUT2D eigenvalue weighted by Gasteiger charge is -2.22. The highest BCUT2D eigenvalue weighted by Gasteiger charge is 2.28. The fourth-order valence-electron chi connectivity index (χ4n) is 3.52. The Kier molecular flexibility index (Phi) is 9.36. The lowest BCUT2D eigenvalue weighted by Crippen LogP contribution is -2.45. The van der Waals surface area contributed by atoms with E-state index in [1.807, 2.05) is 0 Å². The normalized spacial score (nSPS) is 12.6. The molecule has 0 unspecified atom stereocenters. The number of nitrogens with one attached hydrogen (secondary N) is 2. The first-order valence-corrected chi connectivity index (χ1v) is 11.1. The number of rotatable bonds is 9. The smallest absolute Gasteiger partial charge is 0.328 e. The summed E-state index contributed by atoms with van der Waals surface area (Å²) in [6.45, 7) is 7.22. The van der Waals surface area contributed by atoms with Gasteiger partial charge in [-0.2, -0.15) is 0 Å². The summed E-state index contributed by atoms with van der Waals surface area (Å²) >= 11 is 0. The highest BCUT2D eigenvalue weighted by molar-refractivity contribution is 6.07. The third-order valence-corrected chi connectivity index (χ3v) is 5.45. The minimum Gasteiger partial charge on any atom is -0.467 e. The van der Waals surface area contributed by atoms with Gasteiger partial charge in [-0.15, -0.1) is 0 Å². The maximum absolute atomic E-state index is 13.2. The van der Waals surface area contributed by atoms with Gasteiger partial charge in [0, 0.05) is 11.1 Å². The first kappa shape index (κ1) is 26.6. The fourth-order valence-corrected chi connectivity index (χ4v) is 3.52. The Morgan fingerprint density at radius 3 is 1.24 bits per heavy atom. The summed E-state index contributed by atoms with van der Waals surface area (Å²) in [6.07, 6.45) is 0. The van der Waals surface area contributed by atoms with E-state index < -0.39 is 35.8 Å². The van der Waals surface area contributed by atoms with Crippen LogP contribution in [0.3, 0.4) is 0 Å². The molecule has 2 atom stereocenters. The van der Waals surface area contributed by atoms with Crippen LogP contribution in [0.1, 0.15) is 48.4 Å². The summed E-state index contributed by atoms with van der Waals surface area (Å²) in [5.41, 5.74) is 1.62. The van der Waals surface area contributed by atoms with E-state index >= 15 is 0 Å². The maximum Gasteiger partial charge on any atom is 0.328 e. The molecule has 0 spiro atoms. The molecule has 0 aliphatic heterocycles. The van der Waals surface area contributed by atoms with Crippen LogP contribution in [0, 0.1) is 11.8 Å². The highest BCUT2D eigenvalue weighted by Crippen LogP contribution is 2.28. The quantitative estimate of drug-likeness (QED) is 0.547. The Morgan fingerprint density at radius 2 is 0.941 bits per heavy atom. The molecule has 0 aliphatic carbocycles. The number of carbonyl (C=O) groups is 4. The van der Waals surface area contributed by atoms with Crippen molar-refractivity contribution >= 4 is 23.8 Å². The zero-order valence-electron chi connectivity index (χ0n) is 20.4. The van der Waals surface area contributed by atoms with E-state index in [1.54, 1.807) is 76.2 Å². The summed E-state index contributed by atoms with van der Waals surface area (Å²) < 4.78 is 9.63. The molecule has 8 nitrogen and oxygen atoms in total. The van der Waals surface area contributed by atoms with Crippen molar-refractivity contribution in [2.24, 2.45) is 11.8 Å². The number of esters is 2. The first-order chi connectivity index (χ1) is 16.1. The molecule has 0 heterocycles. The van der Waals surface area contributed by atoms with Crippen LogP contribution in [0.25, 0.3) is 11.1 Å². The van der Waals surface area contributed by atoms with Crippen molar-refractivity contribution in [1.82, 2.24) is 10.6 Å². The summed E-state index contributed by atoms with van der Waals surface area (Å²) in [5.74, 6) is -2.39. The molecule has 2 aromatic rings. The Hall–Kier alpha value is -3.68. The molecule has 0 fully saturated rings. The largest absolute Gasteiger partial charge is 0.467 e. The third kappa shape index (κ3) is 6.21. The van der Waals surface area contributed by atoms with Crippen molar-refractivity contribution in [3.05, 3.63) is 59.7 Å². The van der Waals surface area contributed by atoms with Crippen LogP contribution < -0.4 is 10.6 Å². The Labute approximate surface area is 200 Å². The fraction of sp³-hybridized carbons (Fsp3) is 0.385. The SMILES string of the molecule is COC(=O)[C@@H](NC(=O)c1ccccc1-c1ccccc1C(=O)N[C@H](C(=O)OC)C(C)C)C(C)C. The maximum atomic E-state index is 13.2. The van der Waals surface area contributed by atoms with Crippen LogP contribution in [-0.2, 0) is 19.1 Å². The lowest BCUT2D eigenvalue weighted by molar-refractivity contribution is -0.144. The van der Waals surface area contributed by atoms with Crippen molar-refractivity contribution < 1.29 is 28.7 Å². The molecule has 2 amide bonds. The van der Waals surface area contributed by atoms with Crippen LogP contribution >= 0.6 is 0 Å². The molecule has 0 bridgehead atoms. The van der Waals surface area contributed by atoms with Gasteiger partial charge < -0.3 is 20.1 Å². The van der Waals surface area contributed by atoms with E-state index in [-0.39, 0.29) is 11.8 Å². The van der Waals surface area contributed by atoms with Gasteiger partial charge in [-0.1, -0.05) is 64.1 Å². The minimum atomic E-state index is -0.823. The van der Waals surface area contributed by atoms with Crippen molar-refractivity contribution in [3.8, 4) is 11.1 Å². The number of methoxy groups -OCH3 is 2. The van der Waals surface area contributed by atoms with E-state index in [0.717, 1.165) is 0 Å². The first-order valence-electron chi connectivity index (χ1n) is 11.1. The van der Waals surface area contributed by atoms with Gasteiger partial charge >= 0.3 is 11.9 Å². The van der Waals surface area contributed by atoms with Crippen molar-refractivity contribution in [3.63, 3.8) is 0 Å². The molecule has 8 heteroatoms. The van der Waals surface area contributed by atoms with Crippen LogP contribution in [0.2, 0.25) is 0 Å². The number of ether oxygens (including phenoxy) is 2. The van der Waals surface area contributed by atoms with Crippen LogP contribution in [-0.4, -0.2) is 50.1 Å². The second kappa shape index (κ2) is 12.0. The molecule has 2 rings (SSSR count). The average Bonchev–Trinajstić information content (AvgIpc) is 2.84. The number of hydrogen-bond donors (Lipinski definition) is 2. The third-order valence-electron chi connectivity index (χ3n) is 5.45. The Balaban J connectivity index is 2.46. The van der Waals surface area contributed by atoms with Gasteiger partial charge in [-0.25, -0.2) is 9.59 Å². The van der Waals surface area contributed by atoms with Crippen molar-refractivity contribution in [1.29, 1.82) is 0 Å². The number of carbonyl (C=O) groups excluding carboxylic acids is 4. The van der Waals surface area contributed by atoms with Gasteiger partial charge in [0.1, 0.15) is 12.1 Å². The molecular weight excluding hydrogens is 436 g/mol. The van der Waals surface area contributed by atoms with Gasteiger partial charge in [-0.05, 0) is 35.1 Å². The zero-order chi connectivity index (χ0) is 25.4. The molecule has 0 radical (unpaired) electrons. The van der Waals surface area contributed by atoms with Crippen molar-refractivity contribution in [2.45, 2.75) is 39.8 Å².